The number of carbonyl (C=O) groups is 3. The van der Waals surface area contributed by atoms with Gasteiger partial charge >= 0.3 is 6.03 Å². The molecule has 2 aromatic heterocycles. The first kappa shape index (κ1) is 20.9. The number of hydrogen-bond donors (Lipinski definition) is 4. The molecule has 11 heteroatoms. The minimum absolute atomic E-state index is 0.126. The lowest BCUT2D eigenvalue weighted by molar-refractivity contribution is -0.122. The molecule has 0 aliphatic rings. The average Bonchev–Trinajstić information content (AvgIpc) is 3.23. The van der Waals surface area contributed by atoms with Crippen molar-refractivity contribution in [1.82, 2.24) is 24.9 Å². The number of nitrogens with zero attached hydrogens (tertiary/aromatic N) is 4. The quantitative estimate of drug-likeness (QED) is 0.535. The molecule has 0 unspecified atom stereocenters. The van der Waals surface area contributed by atoms with Crippen LogP contribution in [0.15, 0.2) is 24.5 Å². The lowest BCUT2D eigenvalue weighted by Gasteiger charge is -2.16. The fourth-order valence-corrected chi connectivity index (χ4v) is 2.36. The number of hydrogen-bond acceptors (Lipinski definition) is 5. The molecule has 0 saturated carbocycles. The van der Waals surface area contributed by atoms with Crippen LogP contribution in [0.3, 0.4) is 0 Å². The zero-order valence-electron chi connectivity index (χ0n) is 16.3. The highest BCUT2D eigenvalue weighted by Crippen LogP contribution is 2.11. The summed E-state index contributed by atoms with van der Waals surface area (Å²) in [6.07, 6.45) is 3.14. The van der Waals surface area contributed by atoms with Crippen molar-refractivity contribution in [3.63, 3.8) is 0 Å². The number of primary amides is 1. The molecule has 2 rings (SSSR count). The van der Waals surface area contributed by atoms with Crippen LogP contribution in [0.5, 0.6) is 0 Å². The molecule has 0 fully saturated rings. The van der Waals surface area contributed by atoms with Crippen LogP contribution >= 0.6 is 0 Å². The van der Waals surface area contributed by atoms with Crippen LogP contribution in [-0.4, -0.2) is 43.4 Å². The standard InChI is InChI=1S/C17H26N8O3/c1-10(2)24-7-5-13(22-24)20-15(26)9-12(19-17(18)28)16(27)21-14-6-8-25(23-14)11(3)4/h5-8,10-12H,9H2,1-4H3,(H3,18,19,28)(H,20,22,26)(H,21,23,27)/t12-/m0/s1. The van der Waals surface area contributed by atoms with Crippen molar-refractivity contribution in [1.29, 1.82) is 0 Å². The van der Waals surface area contributed by atoms with E-state index in [9.17, 15) is 14.4 Å². The van der Waals surface area contributed by atoms with E-state index in [0.717, 1.165) is 0 Å². The van der Waals surface area contributed by atoms with Crippen molar-refractivity contribution >= 4 is 29.5 Å². The van der Waals surface area contributed by atoms with E-state index >= 15 is 0 Å². The lowest BCUT2D eigenvalue weighted by Crippen LogP contribution is -2.47. The summed E-state index contributed by atoms with van der Waals surface area (Å²) in [6.45, 7) is 7.80. The van der Waals surface area contributed by atoms with E-state index in [1.165, 1.54) is 0 Å². The fourth-order valence-electron chi connectivity index (χ4n) is 2.36. The van der Waals surface area contributed by atoms with Gasteiger partial charge in [0.25, 0.3) is 0 Å². The van der Waals surface area contributed by atoms with Gasteiger partial charge in [-0.25, -0.2) is 4.79 Å². The third-order valence-electron chi connectivity index (χ3n) is 3.82. The average molecular weight is 390 g/mol. The molecule has 2 heterocycles. The third kappa shape index (κ3) is 5.83. The number of urea groups is 1. The smallest absolute Gasteiger partial charge is 0.312 e. The van der Waals surface area contributed by atoms with Crippen LogP contribution in [0.1, 0.15) is 46.2 Å². The number of anilines is 2. The van der Waals surface area contributed by atoms with Gasteiger partial charge in [-0.2, -0.15) is 10.2 Å². The van der Waals surface area contributed by atoms with Gasteiger partial charge < -0.3 is 21.7 Å². The molecule has 152 valence electrons. The van der Waals surface area contributed by atoms with Crippen LogP contribution in [-0.2, 0) is 9.59 Å². The van der Waals surface area contributed by atoms with E-state index in [1.54, 1.807) is 33.9 Å². The molecule has 0 bridgehead atoms. The zero-order valence-corrected chi connectivity index (χ0v) is 16.3. The first-order valence-electron chi connectivity index (χ1n) is 8.92. The van der Waals surface area contributed by atoms with Gasteiger partial charge in [0.05, 0.1) is 6.42 Å². The Hall–Kier alpha value is -3.37. The number of carbonyl (C=O) groups excluding carboxylic acids is 3. The van der Waals surface area contributed by atoms with Gasteiger partial charge in [-0.3, -0.25) is 19.0 Å². The molecule has 28 heavy (non-hydrogen) atoms. The van der Waals surface area contributed by atoms with Gasteiger partial charge in [0, 0.05) is 36.6 Å². The SMILES string of the molecule is CC(C)n1ccc(NC(=O)C[C@H](NC(N)=O)C(=O)Nc2ccn(C(C)C)n2)n1. The molecule has 0 radical (unpaired) electrons. The Labute approximate surface area is 162 Å². The van der Waals surface area contributed by atoms with Crippen molar-refractivity contribution in [3.05, 3.63) is 24.5 Å². The summed E-state index contributed by atoms with van der Waals surface area (Å²) in [4.78, 5) is 36.0. The second kappa shape index (κ2) is 9.02. The first-order chi connectivity index (χ1) is 13.2. The molecule has 0 aliphatic heterocycles. The summed E-state index contributed by atoms with van der Waals surface area (Å²) in [7, 11) is 0. The van der Waals surface area contributed by atoms with E-state index in [0.29, 0.717) is 11.6 Å². The summed E-state index contributed by atoms with van der Waals surface area (Å²) in [5.41, 5.74) is 5.14. The highest BCUT2D eigenvalue weighted by molar-refractivity contribution is 6.01. The van der Waals surface area contributed by atoms with Crippen molar-refractivity contribution in [3.8, 4) is 0 Å². The molecule has 5 N–H and O–H groups in total. The topological polar surface area (TPSA) is 149 Å². The van der Waals surface area contributed by atoms with Crippen LogP contribution < -0.4 is 21.7 Å². The van der Waals surface area contributed by atoms with E-state index in [1.807, 2.05) is 27.7 Å². The molecule has 0 spiro atoms. The predicted octanol–water partition coefficient (Wildman–Crippen LogP) is 1.25. The van der Waals surface area contributed by atoms with E-state index in [-0.39, 0.29) is 18.5 Å². The van der Waals surface area contributed by atoms with E-state index in [2.05, 4.69) is 26.1 Å². The first-order valence-corrected chi connectivity index (χ1v) is 8.92. The number of amides is 4. The summed E-state index contributed by atoms with van der Waals surface area (Å²) in [5, 5.41) is 15.9. The molecule has 0 saturated heterocycles. The van der Waals surface area contributed by atoms with E-state index in [4.69, 9.17) is 5.73 Å². The number of rotatable bonds is 8. The van der Waals surface area contributed by atoms with Crippen molar-refractivity contribution in [2.45, 2.75) is 52.2 Å². The van der Waals surface area contributed by atoms with Gasteiger partial charge in [-0.05, 0) is 27.7 Å². The molecule has 11 nitrogen and oxygen atoms in total. The maximum absolute atomic E-state index is 12.5. The van der Waals surface area contributed by atoms with Gasteiger partial charge in [0.1, 0.15) is 6.04 Å². The van der Waals surface area contributed by atoms with E-state index < -0.39 is 23.9 Å². The minimum atomic E-state index is -1.16. The Morgan fingerprint density at radius 3 is 1.89 bits per heavy atom. The van der Waals surface area contributed by atoms with Crippen LogP contribution in [0.25, 0.3) is 0 Å². The molecule has 1 atom stereocenters. The molecular formula is C17H26N8O3. The van der Waals surface area contributed by atoms with Crippen LogP contribution in [0.2, 0.25) is 0 Å². The number of aromatic nitrogens is 4. The highest BCUT2D eigenvalue weighted by atomic mass is 16.2. The lowest BCUT2D eigenvalue weighted by atomic mass is 10.2. The summed E-state index contributed by atoms with van der Waals surface area (Å²) in [5.74, 6) is -0.426. The maximum atomic E-state index is 12.5. The Kier molecular flexibility index (Phi) is 6.74. The number of nitrogens with one attached hydrogen (secondary N) is 3. The summed E-state index contributed by atoms with van der Waals surface area (Å²) < 4.78 is 3.36. The molecule has 4 amide bonds. The van der Waals surface area contributed by atoms with Gasteiger partial charge in [-0.1, -0.05) is 0 Å². The normalized spacial score (nSPS) is 12.1. The fraction of sp³-hybridized carbons (Fsp3) is 0.471. The Bertz CT molecular complexity index is 839. The van der Waals surface area contributed by atoms with Gasteiger partial charge in [0.15, 0.2) is 11.6 Å². The second-order valence-corrected chi connectivity index (χ2v) is 6.85. The molecular weight excluding hydrogens is 364 g/mol. The van der Waals surface area contributed by atoms with Crippen molar-refractivity contribution in [2.24, 2.45) is 5.73 Å². The zero-order chi connectivity index (χ0) is 20.8. The van der Waals surface area contributed by atoms with Gasteiger partial charge in [0.2, 0.25) is 11.8 Å². The molecule has 0 aromatic carbocycles. The molecule has 2 aromatic rings. The summed E-state index contributed by atoms with van der Waals surface area (Å²) in [6, 6.07) is 1.47. The van der Waals surface area contributed by atoms with Gasteiger partial charge in [-0.15, -0.1) is 0 Å². The van der Waals surface area contributed by atoms with Crippen LogP contribution in [0, 0.1) is 0 Å². The highest BCUT2D eigenvalue weighted by Gasteiger charge is 2.24. The number of nitrogens with two attached hydrogens (primary N) is 1. The van der Waals surface area contributed by atoms with Crippen molar-refractivity contribution < 1.29 is 14.4 Å². The van der Waals surface area contributed by atoms with Crippen LogP contribution in [0.4, 0.5) is 16.4 Å². The molecule has 0 aliphatic carbocycles. The Balaban J connectivity index is 2.01. The minimum Gasteiger partial charge on any atom is -0.352 e. The maximum Gasteiger partial charge on any atom is 0.312 e. The summed E-state index contributed by atoms with van der Waals surface area (Å²) >= 11 is 0. The third-order valence-corrected chi connectivity index (χ3v) is 3.82. The van der Waals surface area contributed by atoms with Crippen molar-refractivity contribution in [2.75, 3.05) is 10.6 Å². The largest absolute Gasteiger partial charge is 0.352 e. The predicted molar refractivity (Wildman–Crippen MR) is 104 cm³/mol. The second-order valence-electron chi connectivity index (χ2n) is 6.85. The monoisotopic (exact) mass is 390 g/mol. The Morgan fingerprint density at radius 2 is 1.46 bits per heavy atom. The Morgan fingerprint density at radius 1 is 0.964 bits per heavy atom.